The fraction of sp³-hybridized carbons (Fsp3) is 0.667. The third kappa shape index (κ3) is 9.16. The van der Waals surface area contributed by atoms with Crippen LogP contribution in [0.25, 0.3) is 11.1 Å². The monoisotopic (exact) mass is 702 g/mol. The lowest BCUT2D eigenvalue weighted by atomic mass is 9.66. The summed E-state index contributed by atoms with van der Waals surface area (Å²) in [6.07, 6.45) is 10.4. The van der Waals surface area contributed by atoms with Gasteiger partial charge >= 0.3 is 0 Å². The highest BCUT2D eigenvalue weighted by Crippen LogP contribution is 2.40. The molecule has 4 unspecified atom stereocenters. The summed E-state index contributed by atoms with van der Waals surface area (Å²) in [5.41, 5.74) is 5.99. The zero-order chi connectivity index (χ0) is 35.7. The number of piperidine rings is 1. The van der Waals surface area contributed by atoms with E-state index in [0.29, 0.717) is 17.5 Å². The molecule has 1 aliphatic carbocycles. The number of rotatable bonds is 11. The lowest BCUT2D eigenvalue weighted by molar-refractivity contribution is -0.135. The molecule has 0 radical (unpaired) electrons. The van der Waals surface area contributed by atoms with Crippen LogP contribution < -0.4 is 15.5 Å². The van der Waals surface area contributed by atoms with Crippen LogP contribution in [0.4, 0.5) is 5.69 Å². The third-order valence-electron chi connectivity index (χ3n) is 12.4. The van der Waals surface area contributed by atoms with Gasteiger partial charge in [0.15, 0.2) is 0 Å². The Morgan fingerprint density at radius 3 is 2.27 bits per heavy atom. The van der Waals surface area contributed by atoms with E-state index in [1.54, 1.807) is 0 Å². The summed E-state index contributed by atoms with van der Waals surface area (Å²) in [4.78, 5) is 32.6. The Hall–Kier alpha value is -2.98. The Balaban J connectivity index is 1.25. The minimum atomic E-state index is -0.470. The molecule has 0 aromatic heterocycles. The van der Waals surface area contributed by atoms with E-state index in [-0.39, 0.29) is 42.8 Å². The van der Waals surface area contributed by atoms with E-state index in [0.717, 1.165) is 101 Å². The molecule has 0 bridgehead atoms. The van der Waals surface area contributed by atoms with Gasteiger partial charge in [-0.25, -0.2) is 0 Å². The third-order valence-corrected chi connectivity index (χ3v) is 12.4. The van der Waals surface area contributed by atoms with Gasteiger partial charge in [0.05, 0.1) is 19.1 Å². The summed E-state index contributed by atoms with van der Waals surface area (Å²) in [5.74, 6) is -0.211. The number of amides is 2. The van der Waals surface area contributed by atoms with Gasteiger partial charge in [0.2, 0.25) is 5.91 Å². The van der Waals surface area contributed by atoms with Crippen LogP contribution in [0.5, 0.6) is 0 Å². The van der Waals surface area contributed by atoms with Crippen molar-refractivity contribution in [3.05, 3.63) is 53.1 Å². The van der Waals surface area contributed by atoms with Crippen molar-refractivity contribution < 1.29 is 24.2 Å². The molecule has 3 heterocycles. The van der Waals surface area contributed by atoms with Gasteiger partial charge in [0.1, 0.15) is 0 Å². The van der Waals surface area contributed by atoms with Gasteiger partial charge < -0.3 is 30.1 Å². The van der Waals surface area contributed by atoms with Crippen LogP contribution >= 0.6 is 0 Å². The molecular weight excluding hydrogens is 640 g/mol. The molecule has 4 atom stereocenters. The number of hydrogen-bond donors (Lipinski definition) is 3. The van der Waals surface area contributed by atoms with Crippen LogP contribution in [-0.4, -0.2) is 93.1 Å². The summed E-state index contributed by atoms with van der Waals surface area (Å²) in [6, 6.07) is 13.4. The van der Waals surface area contributed by atoms with Gasteiger partial charge in [-0.2, -0.15) is 0 Å². The highest BCUT2D eigenvalue weighted by Gasteiger charge is 2.45. The standard InChI is InChI=1S/C42H62N4O5/c1-4-46(35-16-20-50-21-17-35)39-25-34(32-14-12-31(13-15-32)27-45-18-22-51-23-19-45)24-36(29(39)2)41(48)43-26-37-38(28-47)40(30(3)44-42(37)49)33-10-8-6-5-7-9-11-33/h12-15,24-25,30,33,35,37-38,40,47H,4-11,16-23,26-28H2,1-3H3,(H,43,48)(H,44,49). The number of benzene rings is 2. The first-order valence-corrected chi connectivity index (χ1v) is 20.0. The lowest BCUT2D eigenvalue weighted by Crippen LogP contribution is -2.58. The highest BCUT2D eigenvalue weighted by molar-refractivity contribution is 5.99. The molecule has 4 fully saturated rings. The van der Waals surface area contributed by atoms with E-state index < -0.39 is 5.92 Å². The fourth-order valence-electron chi connectivity index (χ4n) is 9.52. The molecule has 3 N–H and O–H groups in total. The number of morpholine rings is 1. The molecule has 6 rings (SSSR count). The van der Waals surface area contributed by atoms with Crippen LogP contribution in [0, 0.1) is 30.6 Å². The van der Waals surface area contributed by atoms with E-state index in [1.807, 2.05) is 6.07 Å². The summed E-state index contributed by atoms with van der Waals surface area (Å²) < 4.78 is 11.2. The largest absolute Gasteiger partial charge is 0.396 e. The van der Waals surface area contributed by atoms with E-state index in [2.05, 4.69) is 71.5 Å². The van der Waals surface area contributed by atoms with E-state index in [1.165, 1.54) is 37.7 Å². The first kappa shape index (κ1) is 37.8. The number of aliphatic hydroxyl groups excluding tert-OH is 1. The number of hydrogen-bond acceptors (Lipinski definition) is 7. The van der Waals surface area contributed by atoms with Crippen LogP contribution in [0.15, 0.2) is 36.4 Å². The molecule has 9 heteroatoms. The summed E-state index contributed by atoms with van der Waals surface area (Å²) in [5, 5.41) is 17.2. The molecule has 0 spiro atoms. The second kappa shape index (κ2) is 18.2. The molecule has 3 saturated heterocycles. The second-order valence-corrected chi connectivity index (χ2v) is 15.5. The molecule has 51 heavy (non-hydrogen) atoms. The summed E-state index contributed by atoms with van der Waals surface area (Å²) in [7, 11) is 0. The number of aliphatic hydroxyl groups is 1. The number of anilines is 1. The average molecular weight is 703 g/mol. The van der Waals surface area contributed by atoms with Gasteiger partial charge in [-0.1, -0.05) is 69.2 Å². The summed E-state index contributed by atoms with van der Waals surface area (Å²) in [6.45, 7) is 13.2. The van der Waals surface area contributed by atoms with Gasteiger partial charge in [-0.05, 0) is 79.8 Å². The Labute approximate surface area is 305 Å². The zero-order valence-corrected chi connectivity index (χ0v) is 31.3. The number of nitrogens with zero attached hydrogens (tertiary/aromatic N) is 2. The maximum absolute atomic E-state index is 14.3. The number of ether oxygens (including phenoxy) is 2. The summed E-state index contributed by atoms with van der Waals surface area (Å²) >= 11 is 0. The van der Waals surface area contributed by atoms with Crippen molar-refractivity contribution in [2.75, 3.05) is 64.1 Å². The van der Waals surface area contributed by atoms with Crippen molar-refractivity contribution in [2.45, 2.75) is 97.2 Å². The molecule has 1 saturated carbocycles. The Morgan fingerprint density at radius 2 is 1.61 bits per heavy atom. The van der Waals surface area contributed by atoms with Gasteiger partial charge in [-0.15, -0.1) is 0 Å². The van der Waals surface area contributed by atoms with Crippen LogP contribution in [0.2, 0.25) is 0 Å². The minimum absolute atomic E-state index is 0.0120. The first-order valence-electron chi connectivity index (χ1n) is 20.0. The van der Waals surface area contributed by atoms with Crippen LogP contribution in [0.1, 0.15) is 93.1 Å². The SMILES string of the molecule is CCN(c1cc(-c2ccc(CN3CCOCC3)cc2)cc(C(=O)NCC2C(=O)NC(C)C(C3CCCCCCC3)C2CO)c1C)C1CCOCC1. The predicted molar refractivity (Wildman–Crippen MR) is 203 cm³/mol. The molecule has 2 aromatic carbocycles. The van der Waals surface area contributed by atoms with Crippen molar-refractivity contribution in [3.63, 3.8) is 0 Å². The van der Waals surface area contributed by atoms with Gasteiger partial charge in [0.25, 0.3) is 5.91 Å². The predicted octanol–water partition coefficient (Wildman–Crippen LogP) is 5.95. The molecule has 4 aliphatic rings. The molecule has 3 aliphatic heterocycles. The molecule has 280 valence electrons. The quantitative estimate of drug-likeness (QED) is 0.266. The highest BCUT2D eigenvalue weighted by atomic mass is 16.5. The second-order valence-electron chi connectivity index (χ2n) is 15.5. The van der Waals surface area contributed by atoms with E-state index in [9.17, 15) is 14.7 Å². The first-order chi connectivity index (χ1) is 24.9. The van der Waals surface area contributed by atoms with Crippen molar-refractivity contribution in [3.8, 4) is 11.1 Å². The number of carbonyl (C=O) groups excluding carboxylic acids is 2. The van der Waals surface area contributed by atoms with Crippen LogP contribution in [0.3, 0.4) is 0 Å². The Kier molecular flexibility index (Phi) is 13.5. The Morgan fingerprint density at radius 1 is 0.941 bits per heavy atom. The van der Waals surface area contributed by atoms with E-state index >= 15 is 0 Å². The molecular formula is C42H62N4O5. The van der Waals surface area contributed by atoms with Crippen molar-refractivity contribution in [1.29, 1.82) is 0 Å². The van der Waals surface area contributed by atoms with Gasteiger partial charge in [0, 0.05) is 81.8 Å². The molecule has 9 nitrogen and oxygen atoms in total. The van der Waals surface area contributed by atoms with Crippen LogP contribution in [-0.2, 0) is 20.8 Å². The van der Waals surface area contributed by atoms with E-state index in [4.69, 9.17) is 9.47 Å². The fourth-order valence-corrected chi connectivity index (χ4v) is 9.52. The van der Waals surface area contributed by atoms with Crippen molar-refractivity contribution >= 4 is 17.5 Å². The molecule has 2 amide bonds. The molecule has 2 aromatic rings. The lowest BCUT2D eigenvalue weighted by Gasteiger charge is -2.45. The maximum atomic E-state index is 14.3. The van der Waals surface area contributed by atoms with Crippen molar-refractivity contribution in [2.24, 2.45) is 23.7 Å². The maximum Gasteiger partial charge on any atom is 0.251 e. The van der Waals surface area contributed by atoms with Crippen molar-refractivity contribution in [1.82, 2.24) is 15.5 Å². The smallest absolute Gasteiger partial charge is 0.251 e. The number of carbonyl (C=O) groups is 2. The van der Waals surface area contributed by atoms with Gasteiger partial charge in [-0.3, -0.25) is 14.5 Å². The number of nitrogens with one attached hydrogen (secondary N) is 2. The minimum Gasteiger partial charge on any atom is -0.396 e. The zero-order valence-electron chi connectivity index (χ0n) is 31.3. The normalized spacial score (nSPS) is 25.8. The average Bonchev–Trinajstić information content (AvgIpc) is 3.13. The topological polar surface area (TPSA) is 103 Å². The Bertz CT molecular complexity index is 1430.